The van der Waals surface area contributed by atoms with Crippen molar-refractivity contribution in [2.45, 2.75) is 13.5 Å². The highest BCUT2D eigenvalue weighted by Crippen LogP contribution is 2.36. The van der Waals surface area contributed by atoms with E-state index in [1.54, 1.807) is 12.1 Å². The van der Waals surface area contributed by atoms with Crippen LogP contribution >= 0.6 is 54.5 Å². The number of nitriles is 1. The zero-order valence-electron chi connectivity index (χ0n) is 16.5. The number of anilines is 1. The lowest BCUT2D eigenvalue weighted by atomic mass is 10.1. The minimum atomic E-state index is -0.459. The van der Waals surface area contributed by atoms with Gasteiger partial charge in [0.15, 0.2) is 0 Å². The van der Waals surface area contributed by atoms with E-state index in [0.29, 0.717) is 23.6 Å². The van der Waals surface area contributed by atoms with Gasteiger partial charge >= 0.3 is 0 Å². The first kappa shape index (κ1) is 23.5. The molecule has 0 spiro atoms. The highest BCUT2D eigenvalue weighted by Gasteiger charge is 2.13. The summed E-state index contributed by atoms with van der Waals surface area (Å²) in [6, 6.07) is 21.1. The third-order valence-corrected chi connectivity index (χ3v) is 6.17. The fourth-order valence-corrected chi connectivity index (χ4v) is 4.58. The van der Waals surface area contributed by atoms with Crippen LogP contribution in [0.5, 0.6) is 5.75 Å². The van der Waals surface area contributed by atoms with Gasteiger partial charge in [0, 0.05) is 9.26 Å². The summed E-state index contributed by atoms with van der Waals surface area (Å²) >= 11 is 9.31. The molecule has 3 aromatic rings. The molecule has 0 aliphatic carbocycles. The molecule has 3 aromatic carbocycles. The maximum Gasteiger partial charge on any atom is 0.266 e. The summed E-state index contributed by atoms with van der Waals surface area (Å²) in [5, 5.41) is 12.2. The standard InChI is InChI=1S/C24H17Br2IN2O2/c1-15-3-2-4-20(9-15)29-24(30)18(13-28)10-17-11-21(25)23(22(26)12-17)31-14-16-5-7-19(27)8-6-16/h2-12H,14H2,1H3,(H,29,30)/b18-10-. The Kier molecular flexibility index (Phi) is 8.29. The van der Waals surface area contributed by atoms with Gasteiger partial charge in [-0.1, -0.05) is 24.3 Å². The second-order valence-corrected chi connectivity index (χ2v) is 9.68. The van der Waals surface area contributed by atoms with E-state index in [4.69, 9.17) is 4.74 Å². The molecular formula is C24H17Br2IN2O2. The van der Waals surface area contributed by atoms with Gasteiger partial charge in [0.25, 0.3) is 5.91 Å². The van der Waals surface area contributed by atoms with E-state index in [0.717, 1.165) is 20.1 Å². The number of benzene rings is 3. The van der Waals surface area contributed by atoms with Gasteiger partial charge in [-0.15, -0.1) is 0 Å². The fraction of sp³-hybridized carbons (Fsp3) is 0.0833. The van der Waals surface area contributed by atoms with Crippen molar-refractivity contribution in [2.75, 3.05) is 5.32 Å². The van der Waals surface area contributed by atoms with E-state index in [-0.39, 0.29) is 5.57 Å². The predicted octanol–water partition coefficient (Wildman–Crippen LogP) is 7.25. The second-order valence-electron chi connectivity index (χ2n) is 6.72. The fourth-order valence-electron chi connectivity index (χ4n) is 2.77. The summed E-state index contributed by atoms with van der Waals surface area (Å²) in [4.78, 5) is 12.5. The Bertz CT molecular complexity index is 1160. The van der Waals surface area contributed by atoms with Crippen LogP contribution in [0.1, 0.15) is 16.7 Å². The molecule has 0 fully saturated rings. The molecule has 0 atom stereocenters. The Hall–Kier alpha value is -2.15. The van der Waals surface area contributed by atoms with Crippen molar-refractivity contribution in [1.82, 2.24) is 0 Å². The van der Waals surface area contributed by atoms with Gasteiger partial charge < -0.3 is 10.1 Å². The quantitative estimate of drug-likeness (QED) is 0.174. The van der Waals surface area contributed by atoms with Gasteiger partial charge in [0.2, 0.25) is 0 Å². The summed E-state index contributed by atoms with van der Waals surface area (Å²) < 4.78 is 8.56. The van der Waals surface area contributed by atoms with Gasteiger partial charge in [-0.25, -0.2) is 0 Å². The van der Waals surface area contributed by atoms with Crippen LogP contribution in [-0.2, 0) is 11.4 Å². The molecule has 0 radical (unpaired) electrons. The highest BCUT2D eigenvalue weighted by atomic mass is 127. The molecule has 0 saturated carbocycles. The Morgan fingerprint density at radius 2 is 1.81 bits per heavy atom. The number of carbonyl (C=O) groups excluding carboxylic acids is 1. The Morgan fingerprint density at radius 1 is 1.13 bits per heavy atom. The molecule has 3 rings (SSSR count). The van der Waals surface area contributed by atoms with Crippen LogP contribution in [0.4, 0.5) is 5.69 Å². The highest BCUT2D eigenvalue weighted by molar-refractivity contribution is 14.1. The Labute approximate surface area is 211 Å². The lowest BCUT2D eigenvalue weighted by Crippen LogP contribution is -2.13. The molecule has 0 heterocycles. The summed E-state index contributed by atoms with van der Waals surface area (Å²) in [5.74, 6) is 0.192. The molecule has 1 N–H and O–H groups in total. The summed E-state index contributed by atoms with van der Waals surface area (Å²) in [7, 11) is 0. The van der Waals surface area contributed by atoms with Gasteiger partial charge in [0.1, 0.15) is 24.0 Å². The lowest BCUT2D eigenvalue weighted by molar-refractivity contribution is -0.112. The molecule has 0 unspecified atom stereocenters. The minimum absolute atomic E-state index is 0.00728. The number of hydrogen-bond acceptors (Lipinski definition) is 3. The van der Waals surface area contributed by atoms with Crippen LogP contribution < -0.4 is 10.1 Å². The smallest absolute Gasteiger partial charge is 0.266 e. The van der Waals surface area contributed by atoms with Crippen molar-refractivity contribution in [3.05, 3.63) is 95.4 Å². The largest absolute Gasteiger partial charge is 0.487 e. The normalized spacial score (nSPS) is 11.0. The first-order valence-electron chi connectivity index (χ1n) is 9.22. The van der Waals surface area contributed by atoms with Gasteiger partial charge in [-0.05, 0) is 121 Å². The van der Waals surface area contributed by atoms with Gasteiger partial charge in [0.05, 0.1) is 8.95 Å². The van der Waals surface area contributed by atoms with Crippen LogP contribution in [0.3, 0.4) is 0 Å². The van der Waals surface area contributed by atoms with E-state index in [1.165, 1.54) is 3.57 Å². The SMILES string of the molecule is Cc1cccc(NC(=O)/C(C#N)=C\c2cc(Br)c(OCc3ccc(I)cc3)c(Br)c2)c1. The molecule has 0 aliphatic heterocycles. The number of carbonyl (C=O) groups is 1. The number of rotatable bonds is 6. The van der Waals surface area contributed by atoms with E-state index >= 15 is 0 Å². The second kappa shape index (κ2) is 10.9. The Balaban J connectivity index is 1.76. The molecule has 0 bridgehead atoms. The first-order valence-corrected chi connectivity index (χ1v) is 11.9. The number of aryl methyl sites for hydroxylation is 1. The molecule has 1 amide bonds. The molecular weight excluding hydrogens is 635 g/mol. The Morgan fingerprint density at radius 3 is 2.42 bits per heavy atom. The monoisotopic (exact) mass is 650 g/mol. The van der Waals surface area contributed by atoms with E-state index in [9.17, 15) is 10.1 Å². The first-order chi connectivity index (χ1) is 14.9. The molecule has 4 nitrogen and oxygen atoms in total. The lowest BCUT2D eigenvalue weighted by Gasteiger charge is -2.12. The van der Waals surface area contributed by atoms with Crippen molar-refractivity contribution >= 4 is 72.1 Å². The summed E-state index contributed by atoms with van der Waals surface area (Å²) in [6.45, 7) is 2.36. The third-order valence-electron chi connectivity index (χ3n) is 4.27. The maximum atomic E-state index is 12.5. The number of amides is 1. The van der Waals surface area contributed by atoms with Crippen molar-refractivity contribution < 1.29 is 9.53 Å². The third kappa shape index (κ3) is 6.66. The zero-order valence-corrected chi connectivity index (χ0v) is 21.8. The predicted molar refractivity (Wildman–Crippen MR) is 139 cm³/mol. The van der Waals surface area contributed by atoms with Crippen molar-refractivity contribution in [3.8, 4) is 11.8 Å². The molecule has 7 heteroatoms. The van der Waals surface area contributed by atoms with Crippen LogP contribution in [-0.4, -0.2) is 5.91 Å². The van der Waals surface area contributed by atoms with Crippen LogP contribution in [0.2, 0.25) is 0 Å². The number of halogens is 3. The van der Waals surface area contributed by atoms with E-state index in [1.807, 2.05) is 67.6 Å². The number of nitrogens with zero attached hydrogens (tertiary/aromatic N) is 1. The van der Waals surface area contributed by atoms with Gasteiger partial charge in [-0.2, -0.15) is 5.26 Å². The molecule has 0 aliphatic rings. The van der Waals surface area contributed by atoms with Crippen molar-refractivity contribution in [1.29, 1.82) is 5.26 Å². The van der Waals surface area contributed by atoms with E-state index < -0.39 is 5.91 Å². The van der Waals surface area contributed by atoms with Gasteiger partial charge in [-0.3, -0.25) is 4.79 Å². The van der Waals surface area contributed by atoms with E-state index in [2.05, 4.69) is 59.8 Å². The molecule has 0 aromatic heterocycles. The molecule has 31 heavy (non-hydrogen) atoms. The molecule has 156 valence electrons. The average molecular weight is 652 g/mol. The molecule has 0 saturated heterocycles. The maximum absolute atomic E-state index is 12.5. The minimum Gasteiger partial charge on any atom is -0.487 e. The number of ether oxygens (including phenoxy) is 1. The van der Waals surface area contributed by atoms with Crippen LogP contribution in [0.15, 0.2) is 75.2 Å². The average Bonchev–Trinajstić information content (AvgIpc) is 2.72. The number of hydrogen-bond donors (Lipinski definition) is 1. The summed E-state index contributed by atoms with van der Waals surface area (Å²) in [5.41, 5.74) is 3.42. The van der Waals surface area contributed by atoms with Crippen LogP contribution in [0, 0.1) is 21.8 Å². The van der Waals surface area contributed by atoms with Crippen LogP contribution in [0.25, 0.3) is 6.08 Å². The topological polar surface area (TPSA) is 62.1 Å². The van der Waals surface area contributed by atoms with Crippen molar-refractivity contribution in [2.24, 2.45) is 0 Å². The number of nitrogens with one attached hydrogen (secondary N) is 1. The summed E-state index contributed by atoms with van der Waals surface area (Å²) in [6.07, 6.45) is 1.55. The van der Waals surface area contributed by atoms with Crippen molar-refractivity contribution in [3.63, 3.8) is 0 Å². The zero-order chi connectivity index (χ0) is 22.4.